The van der Waals surface area contributed by atoms with E-state index in [0.29, 0.717) is 5.02 Å². The third kappa shape index (κ3) is 3.43. The van der Waals surface area contributed by atoms with Crippen molar-refractivity contribution in [2.75, 3.05) is 12.5 Å². The van der Waals surface area contributed by atoms with Crippen molar-refractivity contribution in [3.8, 4) is 5.75 Å². The van der Waals surface area contributed by atoms with Crippen LogP contribution in [0.2, 0.25) is 5.02 Å². The molecule has 1 N–H and O–H groups in total. The molecule has 5 heteroatoms. The first kappa shape index (κ1) is 15.3. The Kier molecular flexibility index (Phi) is 4.44. The van der Waals surface area contributed by atoms with Gasteiger partial charge in [-0.25, -0.2) is 0 Å². The standard InChI is InChI=1S/C18H16ClN3O/c1-12(13-4-3-5-15(10-13)23-2)21-22-17-8-9-20-18-11-14(19)6-7-16(17)18/h3-11H,1-2H3,(H,20,22)/b21-12-. The summed E-state index contributed by atoms with van der Waals surface area (Å²) in [5.41, 5.74) is 6.68. The van der Waals surface area contributed by atoms with Crippen LogP contribution in [-0.4, -0.2) is 17.8 Å². The highest BCUT2D eigenvalue weighted by molar-refractivity contribution is 6.31. The smallest absolute Gasteiger partial charge is 0.119 e. The summed E-state index contributed by atoms with van der Waals surface area (Å²) >= 11 is 6.01. The van der Waals surface area contributed by atoms with Gasteiger partial charge in [0.05, 0.1) is 24.0 Å². The molecule has 0 aliphatic carbocycles. The third-order valence-electron chi connectivity index (χ3n) is 3.54. The zero-order valence-electron chi connectivity index (χ0n) is 12.9. The van der Waals surface area contributed by atoms with Crippen LogP contribution in [0.15, 0.2) is 59.8 Å². The summed E-state index contributed by atoms with van der Waals surface area (Å²) in [6.07, 6.45) is 1.73. The Morgan fingerprint density at radius 3 is 2.87 bits per heavy atom. The molecule has 0 spiro atoms. The molecule has 3 rings (SSSR count). The Labute approximate surface area is 139 Å². The van der Waals surface area contributed by atoms with E-state index in [9.17, 15) is 0 Å². The first-order chi connectivity index (χ1) is 11.2. The molecule has 0 saturated heterocycles. The maximum atomic E-state index is 6.01. The number of methoxy groups -OCH3 is 1. The van der Waals surface area contributed by atoms with Gasteiger partial charge in [-0.15, -0.1) is 0 Å². The molecular formula is C18H16ClN3O. The van der Waals surface area contributed by atoms with Crippen LogP contribution in [0.5, 0.6) is 5.75 Å². The molecule has 0 atom stereocenters. The van der Waals surface area contributed by atoms with Gasteiger partial charge in [0.15, 0.2) is 0 Å². The maximum absolute atomic E-state index is 6.01. The van der Waals surface area contributed by atoms with Gasteiger partial charge >= 0.3 is 0 Å². The van der Waals surface area contributed by atoms with Gasteiger partial charge < -0.3 is 4.74 Å². The number of halogens is 1. The molecule has 0 amide bonds. The lowest BCUT2D eigenvalue weighted by molar-refractivity contribution is 0.414. The van der Waals surface area contributed by atoms with E-state index >= 15 is 0 Å². The quantitative estimate of drug-likeness (QED) is 0.557. The molecule has 116 valence electrons. The topological polar surface area (TPSA) is 46.5 Å². The lowest BCUT2D eigenvalue weighted by atomic mass is 10.1. The van der Waals surface area contributed by atoms with Gasteiger partial charge in [0.2, 0.25) is 0 Å². The molecule has 2 aromatic carbocycles. The second kappa shape index (κ2) is 6.67. The lowest BCUT2D eigenvalue weighted by Gasteiger charge is -2.08. The van der Waals surface area contributed by atoms with Gasteiger partial charge in [-0.1, -0.05) is 23.7 Å². The number of nitrogens with one attached hydrogen (secondary N) is 1. The van der Waals surface area contributed by atoms with Crippen LogP contribution >= 0.6 is 11.6 Å². The second-order valence-corrected chi connectivity index (χ2v) is 5.50. The number of anilines is 1. The van der Waals surface area contributed by atoms with E-state index in [2.05, 4.69) is 15.5 Å². The largest absolute Gasteiger partial charge is 0.497 e. The summed E-state index contributed by atoms with van der Waals surface area (Å²) in [5, 5.41) is 6.10. The van der Waals surface area contributed by atoms with E-state index < -0.39 is 0 Å². The zero-order chi connectivity index (χ0) is 16.2. The molecule has 0 bridgehead atoms. The summed E-state index contributed by atoms with van der Waals surface area (Å²) in [6, 6.07) is 15.3. The number of hydrazone groups is 1. The van der Waals surface area contributed by atoms with Crippen LogP contribution in [0.25, 0.3) is 10.9 Å². The first-order valence-electron chi connectivity index (χ1n) is 7.16. The van der Waals surface area contributed by atoms with Gasteiger partial charge in [-0.2, -0.15) is 5.10 Å². The van der Waals surface area contributed by atoms with Gasteiger partial charge in [0.1, 0.15) is 5.75 Å². The normalized spacial score (nSPS) is 11.5. The van der Waals surface area contributed by atoms with Crippen molar-refractivity contribution in [3.05, 3.63) is 65.3 Å². The Morgan fingerprint density at radius 1 is 1.17 bits per heavy atom. The fourth-order valence-electron chi connectivity index (χ4n) is 2.28. The fraction of sp³-hybridized carbons (Fsp3) is 0.111. The minimum atomic E-state index is 0.665. The van der Waals surface area contributed by atoms with E-state index in [1.54, 1.807) is 13.3 Å². The fourth-order valence-corrected chi connectivity index (χ4v) is 2.44. The zero-order valence-corrected chi connectivity index (χ0v) is 13.6. The van der Waals surface area contributed by atoms with Crippen molar-refractivity contribution in [1.82, 2.24) is 4.98 Å². The average Bonchev–Trinajstić information content (AvgIpc) is 2.59. The molecule has 0 aliphatic rings. The number of hydrogen-bond acceptors (Lipinski definition) is 4. The number of hydrogen-bond donors (Lipinski definition) is 1. The van der Waals surface area contributed by atoms with E-state index in [1.165, 1.54) is 0 Å². The van der Waals surface area contributed by atoms with Crippen LogP contribution in [-0.2, 0) is 0 Å². The minimum absolute atomic E-state index is 0.665. The van der Waals surface area contributed by atoms with Gasteiger partial charge in [-0.3, -0.25) is 10.4 Å². The number of fused-ring (bicyclic) bond motifs is 1. The second-order valence-electron chi connectivity index (χ2n) is 5.06. The monoisotopic (exact) mass is 325 g/mol. The Balaban J connectivity index is 1.90. The van der Waals surface area contributed by atoms with Crippen molar-refractivity contribution in [1.29, 1.82) is 0 Å². The van der Waals surface area contributed by atoms with Crippen LogP contribution in [0.3, 0.4) is 0 Å². The summed E-state index contributed by atoms with van der Waals surface area (Å²) in [5.74, 6) is 0.807. The van der Waals surface area contributed by atoms with Gasteiger partial charge in [0.25, 0.3) is 0 Å². The molecule has 0 unspecified atom stereocenters. The molecule has 0 fully saturated rings. The molecule has 3 aromatic rings. The third-order valence-corrected chi connectivity index (χ3v) is 3.77. The van der Waals surface area contributed by atoms with Crippen LogP contribution < -0.4 is 10.2 Å². The van der Waals surface area contributed by atoms with Gasteiger partial charge in [0, 0.05) is 22.2 Å². The Hall–Kier alpha value is -2.59. The molecule has 0 aliphatic heterocycles. The molecule has 23 heavy (non-hydrogen) atoms. The summed E-state index contributed by atoms with van der Waals surface area (Å²) in [6.45, 7) is 1.95. The first-order valence-corrected chi connectivity index (χ1v) is 7.54. The molecule has 0 saturated carbocycles. The van der Waals surface area contributed by atoms with Crippen molar-refractivity contribution in [2.45, 2.75) is 6.92 Å². The number of rotatable bonds is 4. The number of pyridine rings is 1. The predicted octanol–water partition coefficient (Wildman–Crippen LogP) is 4.73. The number of aromatic nitrogens is 1. The average molecular weight is 326 g/mol. The van der Waals surface area contributed by atoms with E-state index in [1.807, 2.05) is 55.5 Å². The van der Waals surface area contributed by atoms with Crippen molar-refractivity contribution in [2.24, 2.45) is 5.10 Å². The highest BCUT2D eigenvalue weighted by Crippen LogP contribution is 2.24. The predicted molar refractivity (Wildman–Crippen MR) is 95.6 cm³/mol. The van der Waals surface area contributed by atoms with Crippen LogP contribution in [0.1, 0.15) is 12.5 Å². The summed E-state index contributed by atoms with van der Waals surface area (Å²) in [4.78, 5) is 4.32. The molecule has 1 aromatic heterocycles. The number of ether oxygens (including phenoxy) is 1. The Bertz CT molecular complexity index is 877. The highest BCUT2D eigenvalue weighted by Gasteiger charge is 2.03. The maximum Gasteiger partial charge on any atom is 0.119 e. The van der Waals surface area contributed by atoms with E-state index in [4.69, 9.17) is 16.3 Å². The van der Waals surface area contributed by atoms with Crippen molar-refractivity contribution < 1.29 is 4.74 Å². The number of nitrogens with zero attached hydrogens (tertiary/aromatic N) is 2. The lowest BCUT2D eigenvalue weighted by Crippen LogP contribution is -2.00. The van der Waals surface area contributed by atoms with E-state index in [-0.39, 0.29) is 0 Å². The van der Waals surface area contributed by atoms with Crippen LogP contribution in [0, 0.1) is 0 Å². The van der Waals surface area contributed by atoms with Crippen LogP contribution in [0.4, 0.5) is 5.69 Å². The van der Waals surface area contributed by atoms with Crippen molar-refractivity contribution in [3.63, 3.8) is 0 Å². The summed E-state index contributed by atoms with van der Waals surface area (Å²) in [7, 11) is 1.65. The van der Waals surface area contributed by atoms with Gasteiger partial charge in [-0.05, 0) is 43.3 Å². The van der Waals surface area contributed by atoms with Crippen molar-refractivity contribution >= 4 is 33.9 Å². The Morgan fingerprint density at radius 2 is 2.04 bits per heavy atom. The highest BCUT2D eigenvalue weighted by atomic mass is 35.5. The molecular weight excluding hydrogens is 310 g/mol. The molecule has 0 radical (unpaired) electrons. The molecule has 4 nitrogen and oxygen atoms in total. The number of benzene rings is 2. The SMILES string of the molecule is COc1cccc(/C(C)=N\Nc2ccnc3cc(Cl)ccc23)c1. The molecule has 1 heterocycles. The minimum Gasteiger partial charge on any atom is -0.497 e. The summed E-state index contributed by atoms with van der Waals surface area (Å²) < 4.78 is 5.24. The van der Waals surface area contributed by atoms with E-state index in [0.717, 1.165) is 33.6 Å².